The molecular weight excluding hydrogens is 692 g/mol. The van der Waals surface area contributed by atoms with Crippen molar-refractivity contribution in [3.05, 3.63) is 0 Å². The highest BCUT2D eigenvalue weighted by atomic mass is 16.8. The Kier molecular flexibility index (Phi) is 10.6. The number of fused-ring (bicyclic) bond motifs is 7. The lowest BCUT2D eigenvalue weighted by Gasteiger charge is -2.62. The lowest BCUT2D eigenvalue weighted by Crippen LogP contribution is -2.65. The summed E-state index contributed by atoms with van der Waals surface area (Å²) in [6, 6.07) is 0. The summed E-state index contributed by atoms with van der Waals surface area (Å²) in [4.78, 5) is 0. The molecule has 0 aromatic heterocycles. The van der Waals surface area contributed by atoms with Gasteiger partial charge in [-0.3, -0.25) is 0 Å². The first-order chi connectivity index (χ1) is 25.2. The van der Waals surface area contributed by atoms with Gasteiger partial charge in [-0.1, -0.05) is 27.7 Å². The molecule has 304 valence electrons. The Labute approximate surface area is 312 Å². The Morgan fingerprint density at radius 2 is 1.40 bits per heavy atom. The van der Waals surface area contributed by atoms with Gasteiger partial charge in [-0.05, 0) is 97.7 Å². The van der Waals surface area contributed by atoms with Crippen LogP contribution in [0.15, 0.2) is 0 Å². The Morgan fingerprint density at radius 1 is 0.698 bits per heavy atom. The van der Waals surface area contributed by atoms with Crippen LogP contribution in [-0.2, 0) is 28.4 Å². The summed E-state index contributed by atoms with van der Waals surface area (Å²) in [6.45, 7) is 8.96. The van der Waals surface area contributed by atoms with E-state index in [0.29, 0.717) is 48.3 Å². The Hall–Kier alpha value is -0.560. The van der Waals surface area contributed by atoms with Crippen LogP contribution in [0.5, 0.6) is 0 Å². The minimum Gasteiger partial charge on any atom is -0.394 e. The Balaban J connectivity index is 0.962. The van der Waals surface area contributed by atoms with Crippen molar-refractivity contribution in [2.45, 2.75) is 171 Å². The molecule has 1 spiro atoms. The molecule has 8 fully saturated rings. The topological polar surface area (TPSA) is 217 Å². The van der Waals surface area contributed by atoms with Gasteiger partial charge in [0.25, 0.3) is 0 Å². The average molecular weight is 757 g/mol. The smallest absolute Gasteiger partial charge is 0.187 e. The molecule has 5 unspecified atom stereocenters. The fraction of sp³-hybridized carbons (Fsp3) is 1.00. The maximum absolute atomic E-state index is 11.8. The third kappa shape index (κ3) is 6.20. The molecule has 4 saturated heterocycles. The van der Waals surface area contributed by atoms with Gasteiger partial charge in [-0.25, -0.2) is 0 Å². The molecule has 4 aliphatic heterocycles. The molecule has 8 rings (SSSR count). The van der Waals surface area contributed by atoms with E-state index in [-0.39, 0.29) is 22.9 Å². The second-order valence-electron chi connectivity index (χ2n) is 18.9. The monoisotopic (exact) mass is 756 g/mol. The number of ether oxygens (including phenoxy) is 6. The highest BCUT2D eigenvalue weighted by Gasteiger charge is 2.69. The molecule has 0 radical (unpaired) electrons. The van der Waals surface area contributed by atoms with Gasteiger partial charge >= 0.3 is 0 Å². The number of hydrogen-bond acceptors (Lipinski definition) is 14. The van der Waals surface area contributed by atoms with Gasteiger partial charge in [0, 0.05) is 12.3 Å². The zero-order valence-electron chi connectivity index (χ0n) is 31.6. The summed E-state index contributed by atoms with van der Waals surface area (Å²) in [5.74, 6) is 2.78. The summed E-state index contributed by atoms with van der Waals surface area (Å²) < 4.78 is 37.2. The molecule has 0 aromatic rings. The van der Waals surface area contributed by atoms with Gasteiger partial charge in [0.1, 0.15) is 48.8 Å². The third-order valence-electron chi connectivity index (χ3n) is 16.2. The van der Waals surface area contributed by atoms with Gasteiger partial charge in [0.2, 0.25) is 0 Å². The lowest BCUT2D eigenvalue weighted by molar-refractivity contribution is -0.376. The van der Waals surface area contributed by atoms with Crippen molar-refractivity contribution in [3.63, 3.8) is 0 Å². The van der Waals surface area contributed by atoms with Crippen molar-refractivity contribution in [3.8, 4) is 0 Å². The van der Waals surface area contributed by atoms with Crippen LogP contribution in [0, 0.1) is 52.3 Å². The van der Waals surface area contributed by atoms with Crippen LogP contribution in [-0.4, -0.2) is 146 Å². The molecule has 14 heteroatoms. The molecule has 4 heterocycles. The maximum Gasteiger partial charge on any atom is 0.187 e. The molecule has 23 atom stereocenters. The molecule has 0 aromatic carbocycles. The molecule has 0 bridgehead atoms. The number of aliphatic hydroxyl groups excluding tert-OH is 8. The van der Waals surface area contributed by atoms with Crippen LogP contribution in [0.4, 0.5) is 0 Å². The van der Waals surface area contributed by atoms with Crippen LogP contribution < -0.4 is 0 Å². The molecule has 4 aliphatic carbocycles. The second-order valence-corrected chi connectivity index (χ2v) is 18.9. The van der Waals surface area contributed by atoms with Crippen LogP contribution in [0.25, 0.3) is 0 Å². The largest absolute Gasteiger partial charge is 0.394 e. The Morgan fingerprint density at radius 3 is 2.08 bits per heavy atom. The predicted molar refractivity (Wildman–Crippen MR) is 184 cm³/mol. The highest BCUT2D eigenvalue weighted by molar-refractivity contribution is 5.16. The summed E-state index contributed by atoms with van der Waals surface area (Å²) in [5.41, 5.74) is 0.0762. The minimum absolute atomic E-state index is 0.111. The van der Waals surface area contributed by atoms with Crippen molar-refractivity contribution in [1.82, 2.24) is 0 Å². The predicted octanol–water partition coefficient (Wildman–Crippen LogP) is 0.413. The summed E-state index contributed by atoms with van der Waals surface area (Å²) in [5, 5.41) is 84.5. The van der Waals surface area contributed by atoms with E-state index in [0.717, 1.165) is 51.6 Å². The first kappa shape index (κ1) is 39.3. The van der Waals surface area contributed by atoms with E-state index in [1.165, 1.54) is 0 Å². The van der Waals surface area contributed by atoms with Crippen LogP contribution in [0.1, 0.15) is 85.5 Å². The normalized spacial score (nSPS) is 59.5. The lowest BCUT2D eigenvalue weighted by atomic mass is 9.44. The fourth-order valence-electron chi connectivity index (χ4n) is 13.2. The van der Waals surface area contributed by atoms with Gasteiger partial charge < -0.3 is 69.3 Å². The Bertz CT molecular complexity index is 1300. The van der Waals surface area contributed by atoms with E-state index in [9.17, 15) is 40.9 Å². The molecule has 0 amide bonds. The van der Waals surface area contributed by atoms with Gasteiger partial charge in [-0.2, -0.15) is 0 Å². The number of rotatable bonds is 6. The minimum atomic E-state index is -1.76. The van der Waals surface area contributed by atoms with E-state index in [4.69, 9.17) is 28.4 Å². The van der Waals surface area contributed by atoms with Gasteiger partial charge in [0.05, 0.1) is 38.1 Å². The second kappa shape index (κ2) is 14.4. The standard InChI is InChI=1S/C39H64O14/c1-17-7-10-39(48-16-17)18(2)28-25(53-39)12-22-20-6-5-19-11-24(23(42)13-38(19,4)21(20)8-9-37(22,28)3)49-36-34(32(46)30(44)27(15-41)51-36)52-35-33(47)31(45)29(43)26(14-40)50-35/h17-36,40-47H,5-16H2,1-4H3/t17-,18-,19+,20?,21?,22?,23-,24+,25?,26+,27+,28?,29+,30-,31-,32-,33+,34+,35-,36+,37-,38-,39+/m0/s1. The first-order valence-electron chi connectivity index (χ1n) is 20.4. The van der Waals surface area contributed by atoms with Crippen molar-refractivity contribution in [2.24, 2.45) is 52.3 Å². The van der Waals surface area contributed by atoms with Crippen molar-refractivity contribution < 1.29 is 69.3 Å². The van der Waals surface area contributed by atoms with Gasteiger partial charge in [-0.15, -0.1) is 0 Å². The maximum atomic E-state index is 11.8. The molecule has 8 aliphatic rings. The SMILES string of the molecule is C[C@H]1CC[C@@]2(OC1)OC1CC3C4CC[C@@H]5C[C@@H](O[C@@H]6O[C@H](CO)[C@H](O)[C@H](O)[C@H]6O[C@@H]6O[C@H](CO)[C@@H](O)[C@H](O)[C@H]6O)[C@@H](O)C[C@]5(C)C4CC[C@]3(C)C1[C@@H]2C. The first-order valence-corrected chi connectivity index (χ1v) is 20.4. The van der Waals surface area contributed by atoms with Crippen LogP contribution in [0.3, 0.4) is 0 Å². The van der Waals surface area contributed by atoms with E-state index < -0.39 is 92.6 Å². The van der Waals surface area contributed by atoms with Crippen LogP contribution >= 0.6 is 0 Å². The molecule has 14 nitrogen and oxygen atoms in total. The summed E-state index contributed by atoms with van der Waals surface area (Å²) in [7, 11) is 0. The van der Waals surface area contributed by atoms with E-state index in [2.05, 4.69) is 27.7 Å². The van der Waals surface area contributed by atoms with Crippen molar-refractivity contribution in [2.75, 3.05) is 19.8 Å². The number of hydrogen-bond donors (Lipinski definition) is 8. The zero-order chi connectivity index (χ0) is 37.8. The third-order valence-corrected chi connectivity index (χ3v) is 16.2. The molecule has 53 heavy (non-hydrogen) atoms. The van der Waals surface area contributed by atoms with Crippen molar-refractivity contribution in [1.29, 1.82) is 0 Å². The van der Waals surface area contributed by atoms with Crippen LogP contribution in [0.2, 0.25) is 0 Å². The van der Waals surface area contributed by atoms with E-state index in [1.807, 2.05) is 0 Å². The fourth-order valence-corrected chi connectivity index (χ4v) is 13.2. The molecular formula is C39H64O14. The highest BCUT2D eigenvalue weighted by Crippen LogP contribution is 2.71. The van der Waals surface area contributed by atoms with Crippen molar-refractivity contribution >= 4 is 0 Å². The van der Waals surface area contributed by atoms with Gasteiger partial charge in [0.15, 0.2) is 18.4 Å². The summed E-state index contributed by atoms with van der Waals surface area (Å²) >= 11 is 0. The molecule has 4 saturated carbocycles. The summed E-state index contributed by atoms with van der Waals surface area (Å²) in [6.07, 6.45) is -8.11. The zero-order valence-corrected chi connectivity index (χ0v) is 31.6. The number of aliphatic hydroxyl groups is 8. The molecule has 8 N–H and O–H groups in total. The quantitative estimate of drug-likeness (QED) is 0.173. The van der Waals surface area contributed by atoms with E-state index in [1.54, 1.807) is 0 Å². The average Bonchev–Trinajstić information content (AvgIpc) is 3.58. The van der Waals surface area contributed by atoms with E-state index >= 15 is 0 Å².